The normalized spacial score (nSPS) is 17.8. The number of carbonyl (C=O) groups is 2. The molecule has 1 atom stereocenters. The lowest BCUT2D eigenvalue weighted by Crippen LogP contribution is -2.25. The number of carbonyl (C=O) groups excluding carboxylic acids is 2. The van der Waals surface area contributed by atoms with E-state index in [0.717, 1.165) is 33.8 Å². The second-order valence-corrected chi connectivity index (χ2v) is 6.17. The second-order valence-electron chi connectivity index (χ2n) is 4.99. The van der Waals surface area contributed by atoms with Crippen molar-refractivity contribution in [3.8, 4) is 5.75 Å². The summed E-state index contributed by atoms with van der Waals surface area (Å²) in [4.78, 5) is 23.0. The first-order chi connectivity index (χ1) is 10.7. The maximum absolute atomic E-state index is 11.7. The summed E-state index contributed by atoms with van der Waals surface area (Å²) in [5, 5.41) is 3.70. The number of benzene rings is 2. The van der Waals surface area contributed by atoms with E-state index in [4.69, 9.17) is 10.5 Å². The minimum atomic E-state index is -0.369. The molecule has 0 saturated carbocycles. The third-order valence-corrected chi connectivity index (χ3v) is 4.50. The van der Waals surface area contributed by atoms with E-state index in [2.05, 4.69) is 5.32 Å². The molecule has 6 heteroatoms. The molecule has 0 spiro atoms. The van der Waals surface area contributed by atoms with Gasteiger partial charge < -0.3 is 10.5 Å². The van der Waals surface area contributed by atoms with Gasteiger partial charge >= 0.3 is 0 Å². The number of fused-ring (bicyclic) bond motifs is 1. The molecule has 3 N–H and O–H groups in total. The Balaban J connectivity index is 1.94. The molecule has 1 fully saturated rings. The Morgan fingerprint density at radius 1 is 1.14 bits per heavy atom. The Hall–Kier alpha value is -2.05. The van der Waals surface area contributed by atoms with Crippen molar-refractivity contribution in [1.29, 1.82) is 0 Å². The predicted molar refractivity (Wildman–Crippen MR) is 87.1 cm³/mol. The molecule has 0 aliphatic carbocycles. The van der Waals surface area contributed by atoms with Gasteiger partial charge in [-0.25, -0.2) is 0 Å². The molecule has 22 heavy (non-hydrogen) atoms. The standard InChI is InChI=1S/C16H16N2O3S/c17-7-8-21-13-6-5-10(11-3-1-2-4-12(11)13)9-14-15(19)18-16(20)22-14/h1-6,14H,7-9,17H2,(H,18,19,20). The number of rotatable bonds is 5. The smallest absolute Gasteiger partial charge is 0.286 e. The Morgan fingerprint density at radius 2 is 1.91 bits per heavy atom. The van der Waals surface area contributed by atoms with Gasteiger partial charge in [0.2, 0.25) is 5.91 Å². The maximum Gasteiger partial charge on any atom is 0.286 e. The first kappa shape index (κ1) is 14.9. The van der Waals surface area contributed by atoms with Crippen molar-refractivity contribution in [2.45, 2.75) is 11.7 Å². The molecule has 1 unspecified atom stereocenters. The first-order valence-electron chi connectivity index (χ1n) is 7.04. The molecule has 5 nitrogen and oxygen atoms in total. The van der Waals surface area contributed by atoms with Gasteiger partial charge in [-0.3, -0.25) is 14.9 Å². The number of amides is 2. The molecule has 3 rings (SSSR count). The quantitative estimate of drug-likeness (QED) is 0.882. The highest BCUT2D eigenvalue weighted by molar-refractivity contribution is 8.15. The third-order valence-electron chi connectivity index (χ3n) is 3.52. The fourth-order valence-corrected chi connectivity index (χ4v) is 3.38. The summed E-state index contributed by atoms with van der Waals surface area (Å²) in [7, 11) is 0. The zero-order valence-electron chi connectivity index (χ0n) is 11.9. The van der Waals surface area contributed by atoms with E-state index in [1.165, 1.54) is 0 Å². The topological polar surface area (TPSA) is 81.4 Å². The molecule has 114 valence electrons. The van der Waals surface area contributed by atoms with Gasteiger partial charge in [-0.15, -0.1) is 0 Å². The minimum Gasteiger partial charge on any atom is -0.492 e. The Bertz CT molecular complexity index is 732. The van der Waals surface area contributed by atoms with Crippen LogP contribution in [-0.2, 0) is 11.2 Å². The van der Waals surface area contributed by atoms with E-state index in [1.54, 1.807) is 0 Å². The molecule has 0 bridgehead atoms. The summed E-state index contributed by atoms with van der Waals surface area (Å²) in [6.07, 6.45) is 0.514. The van der Waals surface area contributed by atoms with Gasteiger partial charge in [0.15, 0.2) is 0 Å². The van der Waals surface area contributed by atoms with E-state index in [-0.39, 0.29) is 16.4 Å². The van der Waals surface area contributed by atoms with Crippen LogP contribution in [0.3, 0.4) is 0 Å². The van der Waals surface area contributed by atoms with Crippen molar-refractivity contribution < 1.29 is 14.3 Å². The highest BCUT2D eigenvalue weighted by Gasteiger charge is 2.31. The molecule has 0 aromatic heterocycles. The van der Waals surface area contributed by atoms with Crippen molar-refractivity contribution in [1.82, 2.24) is 5.32 Å². The van der Waals surface area contributed by atoms with Crippen molar-refractivity contribution in [3.05, 3.63) is 42.0 Å². The number of ether oxygens (including phenoxy) is 1. The summed E-state index contributed by atoms with van der Waals surface area (Å²) >= 11 is 1.05. The van der Waals surface area contributed by atoms with Gasteiger partial charge in [-0.05, 0) is 23.4 Å². The summed E-state index contributed by atoms with van der Waals surface area (Å²) in [5.41, 5.74) is 6.51. The SMILES string of the molecule is NCCOc1ccc(CC2SC(=O)NC2=O)c2ccccc12. The molecular weight excluding hydrogens is 300 g/mol. The fraction of sp³-hybridized carbons (Fsp3) is 0.250. The van der Waals surface area contributed by atoms with Crippen molar-refractivity contribution in [3.63, 3.8) is 0 Å². The third kappa shape index (κ3) is 2.93. The van der Waals surface area contributed by atoms with E-state index < -0.39 is 0 Å². The number of nitrogens with two attached hydrogens (primary N) is 1. The lowest BCUT2D eigenvalue weighted by molar-refractivity contribution is -0.118. The van der Waals surface area contributed by atoms with Gasteiger partial charge in [0, 0.05) is 11.9 Å². The molecule has 2 aromatic rings. The van der Waals surface area contributed by atoms with Gasteiger partial charge in [0.25, 0.3) is 5.24 Å². The largest absolute Gasteiger partial charge is 0.492 e. The number of thioether (sulfide) groups is 1. The summed E-state index contributed by atoms with van der Waals surface area (Å²) in [6.45, 7) is 0.913. The average Bonchev–Trinajstić information content (AvgIpc) is 2.84. The minimum absolute atomic E-state index is 0.220. The molecule has 2 amide bonds. The maximum atomic E-state index is 11.7. The van der Waals surface area contributed by atoms with Crippen LogP contribution >= 0.6 is 11.8 Å². The van der Waals surface area contributed by atoms with E-state index in [9.17, 15) is 9.59 Å². The zero-order valence-corrected chi connectivity index (χ0v) is 12.7. The molecular formula is C16H16N2O3S. The number of nitrogens with one attached hydrogen (secondary N) is 1. The molecule has 1 aliphatic rings. The van der Waals surface area contributed by atoms with Crippen LogP contribution in [0.1, 0.15) is 5.56 Å². The molecule has 2 aromatic carbocycles. The fourth-order valence-electron chi connectivity index (χ4n) is 2.53. The predicted octanol–water partition coefficient (Wildman–Crippen LogP) is 2.07. The van der Waals surface area contributed by atoms with Crippen molar-refractivity contribution in [2.24, 2.45) is 5.73 Å². The number of hydrogen-bond acceptors (Lipinski definition) is 5. The highest BCUT2D eigenvalue weighted by Crippen LogP contribution is 2.31. The zero-order chi connectivity index (χ0) is 15.5. The molecule has 0 radical (unpaired) electrons. The van der Waals surface area contributed by atoms with Crippen LogP contribution < -0.4 is 15.8 Å². The van der Waals surface area contributed by atoms with E-state index >= 15 is 0 Å². The molecule has 1 saturated heterocycles. The number of imide groups is 1. The van der Waals surface area contributed by atoms with Crippen LogP contribution in [0.15, 0.2) is 36.4 Å². The summed E-state index contributed by atoms with van der Waals surface area (Å²) < 4.78 is 5.67. The average molecular weight is 316 g/mol. The van der Waals surface area contributed by atoms with Crippen molar-refractivity contribution >= 4 is 33.7 Å². The van der Waals surface area contributed by atoms with Gasteiger partial charge in [0.05, 0.1) is 5.25 Å². The van der Waals surface area contributed by atoms with E-state index in [1.807, 2.05) is 36.4 Å². The summed E-state index contributed by atoms with van der Waals surface area (Å²) in [6, 6.07) is 11.7. The van der Waals surface area contributed by atoms with Crippen LogP contribution in [0.5, 0.6) is 5.75 Å². The van der Waals surface area contributed by atoms with Crippen molar-refractivity contribution in [2.75, 3.05) is 13.2 Å². The van der Waals surface area contributed by atoms with E-state index in [0.29, 0.717) is 19.6 Å². The summed E-state index contributed by atoms with van der Waals surface area (Å²) in [5.74, 6) is 0.562. The van der Waals surface area contributed by atoms with Crippen LogP contribution in [0.2, 0.25) is 0 Å². The van der Waals surface area contributed by atoms with Crippen LogP contribution in [0, 0.1) is 0 Å². The molecule has 1 heterocycles. The van der Waals surface area contributed by atoms with Crippen LogP contribution in [0.4, 0.5) is 4.79 Å². The van der Waals surface area contributed by atoms with Gasteiger partial charge in [-0.2, -0.15) is 0 Å². The number of hydrogen-bond donors (Lipinski definition) is 2. The monoisotopic (exact) mass is 316 g/mol. The lowest BCUT2D eigenvalue weighted by Gasteiger charge is -2.13. The second kappa shape index (κ2) is 6.37. The first-order valence-corrected chi connectivity index (χ1v) is 7.92. The molecule has 1 aliphatic heterocycles. The highest BCUT2D eigenvalue weighted by atomic mass is 32.2. The Morgan fingerprint density at radius 3 is 2.59 bits per heavy atom. The van der Waals surface area contributed by atoms with Crippen LogP contribution in [-0.4, -0.2) is 29.5 Å². The Kier molecular flexibility index (Phi) is 4.31. The van der Waals surface area contributed by atoms with Gasteiger partial charge in [-0.1, -0.05) is 42.1 Å². The van der Waals surface area contributed by atoms with Crippen LogP contribution in [0.25, 0.3) is 10.8 Å². The lowest BCUT2D eigenvalue weighted by atomic mass is 10.00. The van der Waals surface area contributed by atoms with Gasteiger partial charge in [0.1, 0.15) is 12.4 Å². The Labute approximate surface area is 132 Å².